The van der Waals surface area contributed by atoms with Gasteiger partial charge in [0.25, 0.3) is 0 Å². The molecule has 0 amide bonds. The summed E-state index contributed by atoms with van der Waals surface area (Å²) in [5, 5.41) is 10.5. The number of thioether (sulfide) groups is 1. The number of methoxy groups -OCH3 is 1. The Morgan fingerprint density at radius 1 is 1.46 bits per heavy atom. The number of thiophene rings is 1. The molecule has 0 saturated heterocycles. The van der Waals surface area contributed by atoms with Crippen molar-refractivity contribution >= 4 is 44.9 Å². The van der Waals surface area contributed by atoms with Crippen molar-refractivity contribution in [3.05, 3.63) is 16.3 Å². The second-order valence-corrected chi connectivity index (χ2v) is 8.22. The third-order valence-electron chi connectivity index (χ3n) is 4.48. The summed E-state index contributed by atoms with van der Waals surface area (Å²) in [6.45, 7) is 4.26. The first kappa shape index (κ1) is 15.8. The highest BCUT2D eigenvalue weighted by Gasteiger charge is 2.25. The van der Waals surface area contributed by atoms with E-state index in [-0.39, 0.29) is 11.7 Å². The molecule has 6 nitrogen and oxygen atoms in total. The number of aryl methyl sites for hydroxylation is 2. The van der Waals surface area contributed by atoms with Gasteiger partial charge in [-0.15, -0.1) is 21.5 Å². The minimum atomic E-state index is -0.273. The number of fused-ring (bicyclic) bond motifs is 5. The van der Waals surface area contributed by atoms with Gasteiger partial charge in [0.05, 0.1) is 18.2 Å². The number of hydrogen-bond acceptors (Lipinski definition) is 7. The lowest BCUT2D eigenvalue weighted by molar-refractivity contribution is -0.137. The first-order valence-electron chi connectivity index (χ1n) is 7.94. The van der Waals surface area contributed by atoms with Gasteiger partial charge in [-0.1, -0.05) is 18.7 Å². The summed E-state index contributed by atoms with van der Waals surface area (Å²) in [6, 6.07) is 0. The highest BCUT2D eigenvalue weighted by molar-refractivity contribution is 7.99. The molecule has 0 bridgehead atoms. The van der Waals surface area contributed by atoms with Crippen LogP contribution in [0.5, 0.6) is 0 Å². The minimum absolute atomic E-state index is 0.216. The van der Waals surface area contributed by atoms with Crippen LogP contribution in [-0.4, -0.2) is 38.4 Å². The van der Waals surface area contributed by atoms with Crippen LogP contribution < -0.4 is 0 Å². The van der Waals surface area contributed by atoms with E-state index in [1.165, 1.54) is 35.7 Å². The molecular weight excluding hydrogens is 344 g/mol. The molecule has 0 radical (unpaired) electrons. The molecule has 3 aromatic heterocycles. The summed E-state index contributed by atoms with van der Waals surface area (Å²) in [6.07, 6.45) is 3.41. The largest absolute Gasteiger partial charge is 0.468 e. The smallest absolute Gasteiger partial charge is 0.316 e. The van der Waals surface area contributed by atoms with Crippen molar-refractivity contribution in [2.75, 3.05) is 12.9 Å². The summed E-state index contributed by atoms with van der Waals surface area (Å²) < 4.78 is 6.66. The molecule has 0 saturated carbocycles. The van der Waals surface area contributed by atoms with Crippen LogP contribution in [0.3, 0.4) is 0 Å². The van der Waals surface area contributed by atoms with E-state index in [4.69, 9.17) is 9.72 Å². The summed E-state index contributed by atoms with van der Waals surface area (Å²) >= 11 is 3.12. The molecule has 0 aliphatic heterocycles. The Morgan fingerprint density at radius 2 is 2.29 bits per heavy atom. The van der Waals surface area contributed by atoms with E-state index in [2.05, 4.69) is 17.1 Å². The normalized spacial score (nSPS) is 17.4. The fourth-order valence-electron chi connectivity index (χ4n) is 3.24. The van der Waals surface area contributed by atoms with E-state index in [9.17, 15) is 4.79 Å². The zero-order chi connectivity index (χ0) is 16.8. The molecule has 1 atom stereocenters. The second-order valence-electron chi connectivity index (χ2n) is 6.20. The number of carbonyl (C=O) groups excluding carboxylic acids is 1. The van der Waals surface area contributed by atoms with Gasteiger partial charge in [-0.3, -0.25) is 9.20 Å². The van der Waals surface area contributed by atoms with Crippen molar-refractivity contribution in [1.82, 2.24) is 19.6 Å². The second kappa shape index (κ2) is 6.00. The summed E-state index contributed by atoms with van der Waals surface area (Å²) in [7, 11) is 1.39. The summed E-state index contributed by atoms with van der Waals surface area (Å²) in [5.41, 5.74) is 2.25. The van der Waals surface area contributed by atoms with Crippen molar-refractivity contribution in [1.29, 1.82) is 0 Å². The van der Waals surface area contributed by atoms with Gasteiger partial charge in [0, 0.05) is 4.88 Å². The Bertz CT molecular complexity index is 947. The van der Waals surface area contributed by atoms with Crippen LogP contribution in [0.1, 0.15) is 29.6 Å². The Hall–Kier alpha value is -1.67. The van der Waals surface area contributed by atoms with E-state index in [0.29, 0.717) is 5.16 Å². The SMILES string of the molecule is COC(=O)CSc1nnc2c3c4c(sc3nc(C)n12)C[C@@H](C)CC4. The van der Waals surface area contributed by atoms with Crippen LogP contribution in [-0.2, 0) is 22.4 Å². The van der Waals surface area contributed by atoms with Gasteiger partial charge >= 0.3 is 5.97 Å². The molecule has 126 valence electrons. The fraction of sp³-hybridized carbons (Fsp3) is 0.500. The first-order chi connectivity index (χ1) is 11.6. The maximum Gasteiger partial charge on any atom is 0.316 e. The van der Waals surface area contributed by atoms with Crippen LogP contribution in [0.25, 0.3) is 15.9 Å². The standard InChI is InChI=1S/C16H18N4O2S2/c1-8-4-5-10-11(6-8)24-15-13(10)14-18-19-16(20(14)9(2)17-15)23-7-12(21)22-3/h8H,4-7H2,1-3H3/t8-/m0/s1. The number of rotatable bonds is 3. The molecule has 3 aromatic rings. The lowest BCUT2D eigenvalue weighted by Crippen LogP contribution is -2.09. The number of carbonyl (C=O) groups is 1. The number of hydrogen-bond donors (Lipinski definition) is 0. The first-order valence-corrected chi connectivity index (χ1v) is 9.74. The van der Waals surface area contributed by atoms with E-state index in [1.807, 2.05) is 11.3 Å². The molecule has 0 spiro atoms. The Balaban J connectivity index is 1.86. The number of esters is 1. The van der Waals surface area contributed by atoms with Crippen LogP contribution in [0.2, 0.25) is 0 Å². The van der Waals surface area contributed by atoms with Gasteiger partial charge in [0.2, 0.25) is 0 Å². The van der Waals surface area contributed by atoms with Gasteiger partial charge in [-0.25, -0.2) is 4.98 Å². The van der Waals surface area contributed by atoms with Crippen molar-refractivity contribution < 1.29 is 9.53 Å². The quantitative estimate of drug-likeness (QED) is 0.527. The monoisotopic (exact) mass is 362 g/mol. The molecule has 3 heterocycles. The summed E-state index contributed by atoms with van der Waals surface area (Å²) in [5.74, 6) is 1.52. The van der Waals surface area contributed by atoms with Crippen molar-refractivity contribution in [2.45, 2.75) is 38.3 Å². The average Bonchev–Trinajstić information content (AvgIpc) is 3.13. The third-order valence-corrected chi connectivity index (χ3v) is 6.53. The maximum atomic E-state index is 11.4. The molecule has 8 heteroatoms. The van der Waals surface area contributed by atoms with Gasteiger partial charge in [-0.05, 0) is 37.7 Å². The lowest BCUT2D eigenvalue weighted by atomic mass is 9.89. The highest BCUT2D eigenvalue weighted by Crippen LogP contribution is 2.39. The predicted molar refractivity (Wildman–Crippen MR) is 94.8 cm³/mol. The molecular formula is C16H18N4O2S2. The molecule has 0 aromatic carbocycles. The third kappa shape index (κ3) is 2.48. The Kier molecular flexibility index (Phi) is 3.96. The van der Waals surface area contributed by atoms with Crippen molar-refractivity contribution in [3.8, 4) is 0 Å². The average molecular weight is 362 g/mol. The molecule has 0 fully saturated rings. The van der Waals surface area contributed by atoms with Gasteiger partial charge in [-0.2, -0.15) is 0 Å². The number of ether oxygens (including phenoxy) is 1. The zero-order valence-corrected chi connectivity index (χ0v) is 15.5. The zero-order valence-electron chi connectivity index (χ0n) is 13.8. The van der Waals surface area contributed by atoms with Crippen LogP contribution >= 0.6 is 23.1 Å². The molecule has 4 rings (SSSR count). The Labute approximate surface area is 147 Å². The summed E-state index contributed by atoms with van der Waals surface area (Å²) in [4.78, 5) is 18.7. The topological polar surface area (TPSA) is 69.4 Å². The van der Waals surface area contributed by atoms with Crippen molar-refractivity contribution in [2.24, 2.45) is 5.92 Å². The highest BCUT2D eigenvalue weighted by atomic mass is 32.2. The van der Waals surface area contributed by atoms with Gasteiger partial charge < -0.3 is 4.74 Å². The van der Waals surface area contributed by atoms with E-state index >= 15 is 0 Å². The Morgan fingerprint density at radius 3 is 3.08 bits per heavy atom. The van der Waals surface area contributed by atoms with Crippen LogP contribution in [0, 0.1) is 12.8 Å². The molecule has 1 aliphatic rings. The molecule has 1 aliphatic carbocycles. The molecule has 0 unspecified atom stereocenters. The van der Waals surface area contributed by atoms with Crippen molar-refractivity contribution in [3.63, 3.8) is 0 Å². The predicted octanol–water partition coefficient (Wildman–Crippen LogP) is 3.04. The minimum Gasteiger partial charge on any atom is -0.468 e. The van der Waals surface area contributed by atoms with Crippen LogP contribution in [0.4, 0.5) is 0 Å². The fourth-order valence-corrected chi connectivity index (χ4v) is 5.48. The van der Waals surface area contributed by atoms with E-state index in [1.54, 1.807) is 11.3 Å². The number of aromatic nitrogens is 4. The molecule has 0 N–H and O–H groups in total. The lowest BCUT2D eigenvalue weighted by Gasteiger charge is -2.17. The molecule has 24 heavy (non-hydrogen) atoms. The van der Waals surface area contributed by atoms with Gasteiger partial charge in [0.1, 0.15) is 10.7 Å². The number of nitrogens with zero attached hydrogens (tertiary/aromatic N) is 4. The van der Waals surface area contributed by atoms with E-state index in [0.717, 1.165) is 40.4 Å². The van der Waals surface area contributed by atoms with Crippen LogP contribution in [0.15, 0.2) is 5.16 Å². The van der Waals surface area contributed by atoms with Gasteiger partial charge in [0.15, 0.2) is 10.8 Å². The maximum absolute atomic E-state index is 11.4. The van der Waals surface area contributed by atoms with E-state index < -0.39 is 0 Å².